The van der Waals surface area contributed by atoms with Gasteiger partial charge in [-0.25, -0.2) is 9.79 Å². The molecule has 228 valence electrons. The average molecular weight is 678 g/mol. The molecule has 1 aliphatic rings. The molecule has 0 saturated heterocycles. The molecule has 6 rings (SSSR count). The van der Waals surface area contributed by atoms with E-state index < -0.39 is 12.0 Å². The van der Waals surface area contributed by atoms with Crippen molar-refractivity contribution in [1.29, 1.82) is 0 Å². The molecule has 7 nitrogen and oxygen atoms in total. The summed E-state index contributed by atoms with van der Waals surface area (Å²) in [6, 6.07) is 23.4. The second kappa shape index (κ2) is 13.5. The minimum Gasteiger partial charge on any atom is -0.493 e. The molecule has 1 atom stereocenters. The Morgan fingerprint density at radius 1 is 1.04 bits per heavy atom. The van der Waals surface area contributed by atoms with Crippen LogP contribution in [0.5, 0.6) is 11.5 Å². The normalized spacial score (nSPS) is 14.6. The molecule has 3 aromatic carbocycles. The van der Waals surface area contributed by atoms with Crippen LogP contribution < -0.4 is 24.4 Å². The monoisotopic (exact) mass is 676 g/mol. The molecular formula is C34H26Cl2N2O5S2. The van der Waals surface area contributed by atoms with Crippen LogP contribution in [0.2, 0.25) is 10.0 Å². The number of hydrogen-bond donors (Lipinski definition) is 0. The maximum atomic E-state index is 14.1. The van der Waals surface area contributed by atoms with Gasteiger partial charge in [-0.3, -0.25) is 9.36 Å². The van der Waals surface area contributed by atoms with E-state index in [9.17, 15) is 9.59 Å². The largest absolute Gasteiger partial charge is 0.493 e. The van der Waals surface area contributed by atoms with Gasteiger partial charge in [0.2, 0.25) is 0 Å². The molecule has 0 amide bonds. The summed E-state index contributed by atoms with van der Waals surface area (Å²) in [6.07, 6.45) is 1.74. The molecule has 1 aliphatic heterocycles. The number of hydrogen-bond acceptors (Lipinski definition) is 8. The van der Waals surface area contributed by atoms with Gasteiger partial charge < -0.3 is 14.2 Å². The van der Waals surface area contributed by atoms with Crippen molar-refractivity contribution in [2.75, 3.05) is 13.7 Å². The van der Waals surface area contributed by atoms with Crippen LogP contribution in [0.3, 0.4) is 0 Å². The van der Waals surface area contributed by atoms with Gasteiger partial charge in [-0.2, -0.15) is 0 Å². The topological polar surface area (TPSA) is 79.1 Å². The number of nitrogens with zero attached hydrogens (tertiary/aromatic N) is 2. The number of halogens is 2. The highest BCUT2D eigenvalue weighted by Crippen LogP contribution is 2.38. The van der Waals surface area contributed by atoms with Gasteiger partial charge in [0.05, 0.1) is 34.5 Å². The van der Waals surface area contributed by atoms with Crippen molar-refractivity contribution >= 4 is 63.6 Å². The molecule has 0 radical (unpaired) electrons. The highest BCUT2D eigenvalue weighted by Gasteiger charge is 2.35. The van der Waals surface area contributed by atoms with E-state index in [1.807, 2.05) is 66.0 Å². The molecule has 2 aromatic heterocycles. The van der Waals surface area contributed by atoms with Gasteiger partial charge in [0.25, 0.3) is 5.56 Å². The van der Waals surface area contributed by atoms with E-state index in [1.165, 1.54) is 29.8 Å². The smallest absolute Gasteiger partial charge is 0.338 e. The third-order valence-electron chi connectivity index (χ3n) is 7.01. The SMILES string of the molecule is CCOC(=O)C1=C(c2ccccc2)N=c2s/c(=C\c3cc(Cl)c(OCc4cccc(Cl)c4)c(OC)c3)c(=O)n2[C@H]1c1cccs1. The molecular weight excluding hydrogens is 651 g/mol. The Bertz CT molecular complexity index is 2090. The first-order valence-electron chi connectivity index (χ1n) is 13.9. The minimum absolute atomic E-state index is 0.188. The number of carbonyl (C=O) groups is 1. The zero-order valence-corrected chi connectivity index (χ0v) is 27.3. The van der Waals surface area contributed by atoms with Crippen molar-refractivity contribution in [3.8, 4) is 11.5 Å². The van der Waals surface area contributed by atoms with E-state index in [0.29, 0.717) is 47.7 Å². The van der Waals surface area contributed by atoms with E-state index >= 15 is 0 Å². The predicted molar refractivity (Wildman–Crippen MR) is 179 cm³/mol. The van der Waals surface area contributed by atoms with Crippen molar-refractivity contribution < 1.29 is 19.0 Å². The number of methoxy groups -OCH3 is 1. The lowest BCUT2D eigenvalue weighted by molar-refractivity contribution is -0.138. The maximum absolute atomic E-state index is 14.1. The highest BCUT2D eigenvalue weighted by atomic mass is 35.5. The summed E-state index contributed by atoms with van der Waals surface area (Å²) >= 11 is 15.5. The van der Waals surface area contributed by atoms with Crippen molar-refractivity contribution in [2.24, 2.45) is 4.99 Å². The van der Waals surface area contributed by atoms with Gasteiger partial charge in [-0.1, -0.05) is 83.1 Å². The first-order chi connectivity index (χ1) is 21.9. The van der Waals surface area contributed by atoms with Crippen LogP contribution in [0.15, 0.2) is 99.6 Å². The summed E-state index contributed by atoms with van der Waals surface area (Å²) in [4.78, 5) is 33.8. The Balaban J connectivity index is 1.47. The Morgan fingerprint density at radius 3 is 2.58 bits per heavy atom. The fraction of sp³-hybridized carbons (Fsp3) is 0.147. The lowest BCUT2D eigenvalue weighted by atomic mass is 9.97. The van der Waals surface area contributed by atoms with E-state index in [2.05, 4.69) is 0 Å². The summed E-state index contributed by atoms with van der Waals surface area (Å²) in [5.74, 6) is 0.274. The molecule has 0 aliphatic carbocycles. The van der Waals surface area contributed by atoms with Crippen LogP contribution in [0.4, 0.5) is 0 Å². The number of esters is 1. The van der Waals surface area contributed by atoms with Crippen LogP contribution in [0, 0.1) is 0 Å². The second-order valence-electron chi connectivity index (χ2n) is 9.90. The number of rotatable bonds is 9. The number of ether oxygens (including phenoxy) is 3. The van der Waals surface area contributed by atoms with Crippen molar-refractivity contribution in [2.45, 2.75) is 19.6 Å². The van der Waals surface area contributed by atoms with Crippen LogP contribution in [0.1, 0.15) is 34.5 Å². The molecule has 5 aromatic rings. The molecule has 3 heterocycles. The van der Waals surface area contributed by atoms with E-state index in [0.717, 1.165) is 16.0 Å². The molecule has 0 spiro atoms. The average Bonchev–Trinajstić information content (AvgIpc) is 3.68. The first kappa shape index (κ1) is 30.9. The number of aromatic nitrogens is 1. The lowest BCUT2D eigenvalue weighted by Crippen LogP contribution is -2.39. The molecule has 45 heavy (non-hydrogen) atoms. The third kappa shape index (κ3) is 6.35. The fourth-order valence-corrected chi connectivity index (χ4v) is 7.36. The molecule has 0 fully saturated rings. The molecule has 0 saturated carbocycles. The summed E-state index contributed by atoms with van der Waals surface area (Å²) in [7, 11) is 1.53. The Labute approximate surface area is 276 Å². The molecule has 0 unspecified atom stereocenters. The molecule has 0 bridgehead atoms. The van der Waals surface area contributed by atoms with Gasteiger partial charge in [0.1, 0.15) is 12.6 Å². The van der Waals surface area contributed by atoms with E-state index in [-0.39, 0.29) is 18.8 Å². The Hall–Kier alpha value is -4.15. The predicted octanol–water partition coefficient (Wildman–Crippen LogP) is 6.89. The lowest BCUT2D eigenvalue weighted by Gasteiger charge is -2.24. The number of thiophene rings is 1. The summed E-state index contributed by atoms with van der Waals surface area (Å²) in [5.41, 5.74) is 2.77. The Kier molecular flexibility index (Phi) is 9.23. The second-order valence-corrected chi connectivity index (χ2v) is 12.7. The van der Waals surface area contributed by atoms with E-state index in [4.69, 9.17) is 42.4 Å². The minimum atomic E-state index is -0.710. The zero-order valence-electron chi connectivity index (χ0n) is 24.2. The van der Waals surface area contributed by atoms with Crippen molar-refractivity contribution in [3.05, 3.63) is 141 Å². The summed E-state index contributed by atoms with van der Waals surface area (Å²) < 4.78 is 19.1. The third-order valence-corrected chi connectivity index (χ3v) is 9.43. The van der Waals surface area contributed by atoms with Gasteiger partial charge in [-0.05, 0) is 59.8 Å². The number of carbonyl (C=O) groups excluding carboxylic acids is 1. The fourth-order valence-electron chi connectivity index (χ4n) is 5.05. The number of benzene rings is 3. The van der Waals surface area contributed by atoms with E-state index in [1.54, 1.807) is 35.8 Å². The van der Waals surface area contributed by atoms with Crippen LogP contribution >= 0.6 is 45.9 Å². The zero-order chi connectivity index (χ0) is 31.5. The molecule has 0 N–H and O–H groups in total. The van der Waals surface area contributed by atoms with Crippen molar-refractivity contribution in [3.63, 3.8) is 0 Å². The van der Waals surface area contributed by atoms with Crippen LogP contribution in [-0.2, 0) is 16.1 Å². The van der Waals surface area contributed by atoms with Gasteiger partial charge in [0, 0.05) is 15.5 Å². The molecule has 11 heteroatoms. The quantitative estimate of drug-likeness (QED) is 0.159. The van der Waals surface area contributed by atoms with Gasteiger partial charge in [-0.15, -0.1) is 11.3 Å². The van der Waals surface area contributed by atoms with Crippen LogP contribution in [0.25, 0.3) is 11.8 Å². The van der Waals surface area contributed by atoms with Crippen LogP contribution in [-0.4, -0.2) is 24.3 Å². The maximum Gasteiger partial charge on any atom is 0.338 e. The highest BCUT2D eigenvalue weighted by molar-refractivity contribution is 7.10. The summed E-state index contributed by atoms with van der Waals surface area (Å²) in [6.45, 7) is 2.18. The van der Waals surface area contributed by atoms with Crippen molar-refractivity contribution in [1.82, 2.24) is 4.57 Å². The Morgan fingerprint density at radius 2 is 1.87 bits per heavy atom. The summed E-state index contributed by atoms with van der Waals surface area (Å²) in [5, 5.41) is 2.85. The first-order valence-corrected chi connectivity index (χ1v) is 16.4. The van der Waals surface area contributed by atoms with Gasteiger partial charge >= 0.3 is 5.97 Å². The number of fused-ring (bicyclic) bond motifs is 1. The standard InChI is InChI=1S/C34H26Cl2N2O5S2/c1-3-42-33(40)28-29(22-10-5-4-6-11-22)37-34-38(30(28)26-13-8-14-44-26)32(39)27(45-34)18-21-16-24(36)31(25(17-21)41-2)43-19-20-9-7-12-23(35)15-20/h4-18,30H,3,19H2,1-2H3/b27-18-/t30-/m0/s1. The van der Waals surface area contributed by atoms with Gasteiger partial charge in [0.15, 0.2) is 16.3 Å². The number of thiazole rings is 1.